The number of unbranched alkanes of at least 4 members (excludes halogenated alkanes) is 3. The number of amides is 1. The number of rotatable bonds is 9. The van der Waals surface area contributed by atoms with Crippen LogP contribution in [-0.2, 0) is 4.79 Å². The molecule has 1 fully saturated rings. The molecule has 1 aliphatic rings. The molecule has 2 N–H and O–H groups in total. The Morgan fingerprint density at radius 1 is 1.15 bits per heavy atom. The molecular formula is C17H34N2O. The maximum Gasteiger partial charge on any atom is 0.222 e. The Hall–Kier alpha value is -0.570. The smallest absolute Gasteiger partial charge is 0.222 e. The first-order chi connectivity index (χ1) is 9.63. The monoisotopic (exact) mass is 282 g/mol. The van der Waals surface area contributed by atoms with Gasteiger partial charge in [-0.05, 0) is 44.1 Å². The third-order valence-corrected chi connectivity index (χ3v) is 4.46. The van der Waals surface area contributed by atoms with E-state index < -0.39 is 0 Å². The first-order valence-electron chi connectivity index (χ1n) is 8.61. The Kier molecular flexibility index (Phi) is 8.92. The summed E-state index contributed by atoms with van der Waals surface area (Å²) in [5.41, 5.74) is 5.47. The van der Waals surface area contributed by atoms with Crippen molar-refractivity contribution in [2.24, 2.45) is 17.6 Å². The zero-order valence-corrected chi connectivity index (χ0v) is 13.6. The Balaban J connectivity index is 2.09. The van der Waals surface area contributed by atoms with Gasteiger partial charge in [0.2, 0.25) is 5.91 Å². The maximum absolute atomic E-state index is 12.1. The Labute approximate surface area is 125 Å². The van der Waals surface area contributed by atoms with E-state index in [-0.39, 0.29) is 0 Å². The van der Waals surface area contributed by atoms with Crippen molar-refractivity contribution in [3.05, 3.63) is 0 Å². The molecule has 0 bridgehead atoms. The van der Waals surface area contributed by atoms with Gasteiger partial charge in [-0.1, -0.05) is 39.5 Å². The largest absolute Gasteiger partial charge is 0.343 e. The molecule has 0 saturated carbocycles. The molecule has 0 radical (unpaired) electrons. The fourth-order valence-corrected chi connectivity index (χ4v) is 2.97. The van der Waals surface area contributed by atoms with Crippen LogP contribution in [0.2, 0.25) is 0 Å². The molecular weight excluding hydrogens is 248 g/mol. The topological polar surface area (TPSA) is 46.3 Å². The van der Waals surface area contributed by atoms with Crippen LogP contribution in [0.5, 0.6) is 0 Å². The highest BCUT2D eigenvalue weighted by atomic mass is 16.2. The molecule has 1 aliphatic heterocycles. The first-order valence-corrected chi connectivity index (χ1v) is 8.61. The Morgan fingerprint density at radius 2 is 1.80 bits per heavy atom. The normalized spacial score (nSPS) is 16.9. The summed E-state index contributed by atoms with van der Waals surface area (Å²) in [6, 6.07) is 0. The Morgan fingerprint density at radius 3 is 2.40 bits per heavy atom. The average molecular weight is 282 g/mol. The first kappa shape index (κ1) is 17.5. The second-order valence-corrected chi connectivity index (χ2v) is 6.75. The highest BCUT2D eigenvalue weighted by molar-refractivity contribution is 5.76. The van der Waals surface area contributed by atoms with E-state index in [4.69, 9.17) is 5.73 Å². The molecule has 0 spiro atoms. The quantitative estimate of drug-likeness (QED) is 0.657. The molecule has 3 nitrogen and oxygen atoms in total. The van der Waals surface area contributed by atoms with Crippen LogP contribution in [0.3, 0.4) is 0 Å². The van der Waals surface area contributed by atoms with Crippen LogP contribution in [-0.4, -0.2) is 30.4 Å². The summed E-state index contributed by atoms with van der Waals surface area (Å²) in [5, 5.41) is 0. The predicted molar refractivity (Wildman–Crippen MR) is 85.5 cm³/mol. The van der Waals surface area contributed by atoms with Crippen molar-refractivity contribution >= 4 is 5.91 Å². The summed E-state index contributed by atoms with van der Waals surface area (Å²) < 4.78 is 0. The number of carbonyl (C=O) groups is 1. The van der Waals surface area contributed by atoms with Gasteiger partial charge in [0, 0.05) is 19.5 Å². The van der Waals surface area contributed by atoms with Gasteiger partial charge in [0.25, 0.3) is 0 Å². The van der Waals surface area contributed by atoms with Crippen LogP contribution in [0.25, 0.3) is 0 Å². The minimum atomic E-state index is 0.375. The van der Waals surface area contributed by atoms with Crippen LogP contribution in [0.1, 0.15) is 71.6 Å². The minimum absolute atomic E-state index is 0.375. The molecule has 1 heterocycles. The van der Waals surface area contributed by atoms with Crippen molar-refractivity contribution in [3.8, 4) is 0 Å². The zero-order chi connectivity index (χ0) is 14.8. The molecule has 0 aromatic carbocycles. The molecule has 20 heavy (non-hydrogen) atoms. The summed E-state index contributed by atoms with van der Waals surface area (Å²) in [4.78, 5) is 14.2. The van der Waals surface area contributed by atoms with Gasteiger partial charge >= 0.3 is 0 Å². The summed E-state index contributed by atoms with van der Waals surface area (Å²) in [6.45, 7) is 7.35. The maximum atomic E-state index is 12.1. The van der Waals surface area contributed by atoms with Gasteiger partial charge in [-0.15, -0.1) is 0 Å². The van der Waals surface area contributed by atoms with Gasteiger partial charge in [0.05, 0.1) is 0 Å². The van der Waals surface area contributed by atoms with Crippen LogP contribution >= 0.6 is 0 Å². The fourth-order valence-electron chi connectivity index (χ4n) is 2.97. The number of piperidine rings is 1. The van der Waals surface area contributed by atoms with E-state index in [0.29, 0.717) is 5.91 Å². The van der Waals surface area contributed by atoms with Gasteiger partial charge < -0.3 is 10.6 Å². The number of nitrogens with zero attached hydrogens (tertiary/aromatic N) is 1. The lowest BCUT2D eigenvalue weighted by Crippen LogP contribution is -2.38. The summed E-state index contributed by atoms with van der Waals surface area (Å²) in [5.74, 6) is 2.04. The van der Waals surface area contributed by atoms with E-state index in [1.165, 1.54) is 32.1 Å². The molecule has 1 amide bonds. The molecule has 3 heteroatoms. The lowest BCUT2D eigenvalue weighted by Gasteiger charge is -2.32. The molecule has 1 rings (SSSR count). The van der Waals surface area contributed by atoms with E-state index in [2.05, 4.69) is 18.7 Å². The number of hydrogen-bond donors (Lipinski definition) is 1. The Bertz CT molecular complexity index is 258. The third kappa shape index (κ3) is 7.28. The van der Waals surface area contributed by atoms with Gasteiger partial charge in [0.15, 0.2) is 0 Å². The van der Waals surface area contributed by atoms with Gasteiger partial charge in [-0.25, -0.2) is 0 Å². The van der Waals surface area contributed by atoms with Gasteiger partial charge in [-0.2, -0.15) is 0 Å². The van der Waals surface area contributed by atoms with Crippen molar-refractivity contribution in [3.63, 3.8) is 0 Å². The van der Waals surface area contributed by atoms with Crippen molar-refractivity contribution < 1.29 is 4.79 Å². The number of carbonyl (C=O) groups excluding carboxylic acids is 1. The van der Waals surface area contributed by atoms with Crippen LogP contribution in [0.4, 0.5) is 0 Å². The lowest BCUT2D eigenvalue weighted by atomic mass is 9.89. The summed E-state index contributed by atoms with van der Waals surface area (Å²) in [6.07, 6.45) is 10.3. The fraction of sp³-hybridized carbons (Fsp3) is 0.941. The number of nitrogens with two attached hydrogens (primary N) is 1. The second kappa shape index (κ2) is 10.2. The third-order valence-electron chi connectivity index (χ3n) is 4.46. The van der Waals surface area contributed by atoms with Crippen molar-refractivity contribution in [1.29, 1.82) is 0 Å². The van der Waals surface area contributed by atoms with Crippen molar-refractivity contribution in [2.75, 3.05) is 19.6 Å². The number of likely N-dealkylation sites (tertiary alicyclic amines) is 1. The molecule has 0 unspecified atom stereocenters. The predicted octanol–water partition coefficient (Wildman–Crippen LogP) is 3.57. The van der Waals surface area contributed by atoms with Crippen LogP contribution < -0.4 is 5.73 Å². The van der Waals surface area contributed by atoms with Crippen molar-refractivity contribution in [1.82, 2.24) is 4.90 Å². The van der Waals surface area contributed by atoms with Crippen LogP contribution in [0.15, 0.2) is 0 Å². The van der Waals surface area contributed by atoms with Crippen LogP contribution in [0, 0.1) is 11.8 Å². The standard InChI is InChI=1S/C17H34N2O/c1-15(2)8-9-16-10-13-19(14-11-16)17(20)7-5-3-4-6-12-18/h15-16H,3-14,18H2,1-2H3. The summed E-state index contributed by atoms with van der Waals surface area (Å²) in [7, 11) is 0. The minimum Gasteiger partial charge on any atom is -0.343 e. The molecule has 118 valence electrons. The highest BCUT2D eigenvalue weighted by Gasteiger charge is 2.22. The molecule has 1 saturated heterocycles. The SMILES string of the molecule is CC(C)CCC1CCN(C(=O)CCCCCCN)CC1. The van der Waals surface area contributed by atoms with Crippen molar-refractivity contribution in [2.45, 2.75) is 71.6 Å². The van der Waals surface area contributed by atoms with E-state index in [0.717, 1.165) is 57.2 Å². The molecule has 0 aromatic heterocycles. The van der Waals surface area contributed by atoms with E-state index >= 15 is 0 Å². The van der Waals surface area contributed by atoms with E-state index in [9.17, 15) is 4.79 Å². The van der Waals surface area contributed by atoms with E-state index in [1.807, 2.05) is 0 Å². The average Bonchev–Trinajstić information content (AvgIpc) is 2.45. The lowest BCUT2D eigenvalue weighted by molar-refractivity contribution is -0.132. The van der Waals surface area contributed by atoms with Gasteiger partial charge in [-0.3, -0.25) is 4.79 Å². The molecule has 0 aliphatic carbocycles. The highest BCUT2D eigenvalue weighted by Crippen LogP contribution is 2.24. The second-order valence-electron chi connectivity index (χ2n) is 6.75. The summed E-state index contributed by atoms with van der Waals surface area (Å²) >= 11 is 0. The van der Waals surface area contributed by atoms with E-state index in [1.54, 1.807) is 0 Å². The molecule has 0 atom stereocenters. The number of hydrogen-bond acceptors (Lipinski definition) is 2. The zero-order valence-electron chi connectivity index (χ0n) is 13.6. The van der Waals surface area contributed by atoms with Gasteiger partial charge in [0.1, 0.15) is 0 Å². The molecule has 0 aromatic rings.